The van der Waals surface area contributed by atoms with Crippen LogP contribution in [0.25, 0.3) is 0 Å². The molecular formula is C19H23BrO14. The summed E-state index contributed by atoms with van der Waals surface area (Å²) in [7, 11) is 0. The standard InChI is InChI=1S/C6H8O3.C5H8O3.C4H3BrO4.C4H4O4/c1-4(6(8)9)3-5(2)7;1-4(6)2-3-5(7)8;5-2(4(8)9)1-3(6)7;5-3(6)1-2-4(7)8/h1,3H2,2H3,(H,8,9);2-3H2,1H3,(H,7,8);1H,(H,6,7)(H,8,9);1-2H,(H,5,6)(H,7,8)/b;;2*2-1+. The van der Waals surface area contributed by atoms with Gasteiger partial charge in [-0.15, -0.1) is 0 Å². The van der Waals surface area contributed by atoms with Crippen LogP contribution in [-0.2, 0) is 38.4 Å². The molecule has 14 nitrogen and oxygen atoms in total. The van der Waals surface area contributed by atoms with Gasteiger partial charge in [0.15, 0.2) is 0 Å². The molecule has 190 valence electrons. The number of hydrogen-bond acceptors (Lipinski definition) is 8. The molecule has 0 atom stereocenters. The molecule has 0 aliphatic heterocycles. The van der Waals surface area contributed by atoms with Gasteiger partial charge in [0, 0.05) is 36.6 Å². The highest BCUT2D eigenvalue weighted by atomic mass is 79.9. The fourth-order valence-electron chi connectivity index (χ4n) is 0.972. The number of hydrogen-bond donors (Lipinski definition) is 6. The predicted molar refractivity (Wildman–Crippen MR) is 116 cm³/mol. The van der Waals surface area contributed by atoms with Crippen molar-refractivity contribution in [2.45, 2.75) is 33.1 Å². The van der Waals surface area contributed by atoms with Crippen LogP contribution in [0, 0.1) is 0 Å². The number of Topliss-reactive ketones (excluding diaryl/α,β-unsaturated/α-hetero) is 2. The van der Waals surface area contributed by atoms with Crippen molar-refractivity contribution >= 4 is 63.3 Å². The van der Waals surface area contributed by atoms with Crippen molar-refractivity contribution in [2.24, 2.45) is 0 Å². The fraction of sp³-hybridized carbons (Fsp3) is 0.263. The van der Waals surface area contributed by atoms with Crippen molar-refractivity contribution in [1.82, 2.24) is 0 Å². The first-order chi connectivity index (χ1) is 15.3. The first kappa shape index (κ1) is 37.2. The number of halogens is 1. The molecule has 0 saturated carbocycles. The van der Waals surface area contributed by atoms with Gasteiger partial charge >= 0.3 is 35.8 Å². The highest BCUT2D eigenvalue weighted by molar-refractivity contribution is 9.12. The topological polar surface area (TPSA) is 258 Å². The van der Waals surface area contributed by atoms with Crippen LogP contribution in [0.5, 0.6) is 0 Å². The van der Waals surface area contributed by atoms with E-state index in [4.69, 9.17) is 30.6 Å². The van der Waals surface area contributed by atoms with E-state index in [0.717, 1.165) is 0 Å². The minimum Gasteiger partial charge on any atom is -0.481 e. The van der Waals surface area contributed by atoms with Crippen LogP contribution in [0.1, 0.15) is 33.1 Å². The fourth-order valence-corrected chi connectivity index (χ4v) is 1.17. The molecule has 0 aliphatic carbocycles. The van der Waals surface area contributed by atoms with E-state index in [0.29, 0.717) is 18.2 Å². The summed E-state index contributed by atoms with van der Waals surface area (Å²) in [5.74, 6) is -7.37. The van der Waals surface area contributed by atoms with Crippen molar-refractivity contribution in [2.75, 3.05) is 0 Å². The highest BCUT2D eigenvalue weighted by Gasteiger charge is 2.05. The van der Waals surface area contributed by atoms with Crippen LogP contribution in [0.15, 0.2) is 34.9 Å². The van der Waals surface area contributed by atoms with E-state index in [1.807, 2.05) is 0 Å². The van der Waals surface area contributed by atoms with Crippen molar-refractivity contribution in [1.29, 1.82) is 0 Å². The summed E-state index contributed by atoms with van der Waals surface area (Å²) in [4.78, 5) is 78.8. The van der Waals surface area contributed by atoms with Gasteiger partial charge in [0.05, 0.1) is 6.42 Å². The molecule has 0 aliphatic rings. The van der Waals surface area contributed by atoms with Crippen molar-refractivity contribution in [3.63, 3.8) is 0 Å². The van der Waals surface area contributed by atoms with Gasteiger partial charge in [0.1, 0.15) is 16.0 Å². The minimum atomic E-state index is -1.29. The molecule has 0 fully saturated rings. The molecule has 0 bridgehead atoms. The molecule has 0 aromatic rings. The summed E-state index contributed by atoms with van der Waals surface area (Å²) in [5, 5.41) is 47.8. The number of ketones is 2. The first-order valence-corrected chi connectivity index (χ1v) is 9.21. The van der Waals surface area contributed by atoms with Gasteiger partial charge in [0.2, 0.25) is 0 Å². The molecular weight excluding hydrogens is 532 g/mol. The monoisotopic (exact) mass is 554 g/mol. The normalized spacial score (nSPS) is 9.44. The first-order valence-electron chi connectivity index (χ1n) is 8.42. The predicted octanol–water partition coefficient (Wildman–Crippen LogP) is 1.19. The van der Waals surface area contributed by atoms with E-state index >= 15 is 0 Å². The van der Waals surface area contributed by atoms with Gasteiger partial charge in [-0.1, -0.05) is 6.58 Å². The van der Waals surface area contributed by atoms with Gasteiger partial charge in [-0.05, 0) is 29.8 Å². The van der Waals surface area contributed by atoms with Crippen LogP contribution < -0.4 is 0 Å². The average Bonchev–Trinajstić information content (AvgIpc) is 2.65. The number of carbonyl (C=O) groups excluding carboxylic acids is 2. The summed E-state index contributed by atoms with van der Waals surface area (Å²) in [6.07, 6.45) is 1.72. The van der Waals surface area contributed by atoms with Crippen molar-refractivity contribution in [3.8, 4) is 0 Å². The van der Waals surface area contributed by atoms with Crippen molar-refractivity contribution < 1.29 is 69.0 Å². The molecule has 0 heterocycles. The van der Waals surface area contributed by atoms with Gasteiger partial charge in [-0.3, -0.25) is 9.59 Å². The molecule has 34 heavy (non-hydrogen) atoms. The van der Waals surface area contributed by atoms with Crippen LogP contribution >= 0.6 is 15.9 Å². The Morgan fingerprint density at radius 3 is 1.21 bits per heavy atom. The summed E-state index contributed by atoms with van der Waals surface area (Å²) in [6.45, 7) is 5.88. The molecule has 0 saturated heterocycles. The van der Waals surface area contributed by atoms with Crippen LogP contribution in [0.2, 0.25) is 0 Å². The van der Waals surface area contributed by atoms with E-state index in [1.54, 1.807) is 0 Å². The zero-order valence-electron chi connectivity index (χ0n) is 17.9. The third-order valence-electron chi connectivity index (χ3n) is 2.28. The summed E-state index contributed by atoms with van der Waals surface area (Å²) < 4.78 is -0.366. The number of carbonyl (C=O) groups is 8. The maximum Gasteiger partial charge on any atom is 0.343 e. The summed E-state index contributed by atoms with van der Waals surface area (Å²) in [6, 6.07) is 0. The molecule has 0 aromatic heterocycles. The second-order valence-corrected chi connectivity index (χ2v) is 6.38. The Morgan fingerprint density at radius 2 is 1.09 bits per heavy atom. The maximum atomic E-state index is 10.2. The lowest BCUT2D eigenvalue weighted by atomic mass is 10.2. The molecule has 0 unspecified atom stereocenters. The Kier molecular flexibility index (Phi) is 24.1. The molecule has 0 aromatic carbocycles. The summed E-state index contributed by atoms with van der Waals surface area (Å²) in [5.41, 5.74) is -0.0532. The lowest BCUT2D eigenvalue weighted by molar-refractivity contribution is -0.138. The Bertz CT molecular complexity index is 821. The number of carboxylic acids is 6. The lowest BCUT2D eigenvalue weighted by Gasteiger charge is -1.92. The van der Waals surface area contributed by atoms with Gasteiger partial charge in [-0.25, -0.2) is 24.0 Å². The SMILES string of the molecule is C=C(CC(C)=O)C(=O)O.CC(=O)CCC(=O)O.O=C(O)/C=C(/Br)C(=O)O.O=C(O)/C=C/C(=O)O. The number of aliphatic carboxylic acids is 6. The molecule has 0 amide bonds. The lowest BCUT2D eigenvalue weighted by Crippen LogP contribution is -2.02. The second kappa shape index (κ2) is 22.1. The second-order valence-electron chi connectivity index (χ2n) is 5.53. The zero-order chi connectivity index (χ0) is 28.0. The Balaban J connectivity index is -0.000000177. The quantitative estimate of drug-likeness (QED) is 0.207. The van der Waals surface area contributed by atoms with Gasteiger partial charge in [0.25, 0.3) is 0 Å². The van der Waals surface area contributed by atoms with E-state index < -0.39 is 35.8 Å². The Labute approximate surface area is 200 Å². The zero-order valence-corrected chi connectivity index (χ0v) is 19.5. The molecule has 0 rings (SSSR count). The Morgan fingerprint density at radius 1 is 0.676 bits per heavy atom. The average molecular weight is 555 g/mol. The van der Waals surface area contributed by atoms with Crippen LogP contribution in [-0.4, -0.2) is 78.0 Å². The highest BCUT2D eigenvalue weighted by Crippen LogP contribution is 2.02. The Hall–Kier alpha value is -4.14. The van der Waals surface area contributed by atoms with Gasteiger partial charge in [-0.2, -0.15) is 0 Å². The van der Waals surface area contributed by atoms with E-state index in [2.05, 4.69) is 22.5 Å². The molecule has 0 spiro atoms. The smallest absolute Gasteiger partial charge is 0.343 e. The third-order valence-corrected chi connectivity index (χ3v) is 2.85. The summed E-state index contributed by atoms with van der Waals surface area (Å²) >= 11 is 2.52. The molecule has 15 heteroatoms. The minimum absolute atomic E-state index is 0.0463. The van der Waals surface area contributed by atoms with Crippen LogP contribution in [0.3, 0.4) is 0 Å². The molecule has 0 radical (unpaired) electrons. The largest absolute Gasteiger partial charge is 0.481 e. The van der Waals surface area contributed by atoms with E-state index in [9.17, 15) is 38.4 Å². The third kappa shape index (κ3) is 42.1. The van der Waals surface area contributed by atoms with E-state index in [1.165, 1.54) is 13.8 Å². The number of carboxylic acid groups (broad SMARTS) is 6. The van der Waals surface area contributed by atoms with Gasteiger partial charge < -0.3 is 35.4 Å². The van der Waals surface area contributed by atoms with Crippen LogP contribution in [0.4, 0.5) is 0 Å². The molecule has 6 N–H and O–H groups in total. The maximum absolute atomic E-state index is 10.2. The number of rotatable bonds is 10. The van der Waals surface area contributed by atoms with E-state index in [-0.39, 0.29) is 40.9 Å². The van der Waals surface area contributed by atoms with Crippen molar-refractivity contribution in [3.05, 3.63) is 34.9 Å².